The Bertz CT molecular complexity index is 379. The van der Waals surface area contributed by atoms with Crippen molar-refractivity contribution >= 4 is 17.7 Å². The molecule has 0 aromatic rings. The molecule has 1 rings (SSSR count). The Kier molecular flexibility index (Phi) is 8.83. The van der Waals surface area contributed by atoms with Crippen molar-refractivity contribution in [2.45, 2.75) is 26.1 Å². The fourth-order valence-corrected chi connectivity index (χ4v) is 2.89. The van der Waals surface area contributed by atoms with E-state index in [0.29, 0.717) is 32.7 Å². The van der Waals surface area contributed by atoms with Crippen LogP contribution in [0.4, 0.5) is 13.2 Å². The first-order valence-electron chi connectivity index (χ1n) is 7.92. The summed E-state index contributed by atoms with van der Waals surface area (Å²) in [5.74, 6) is 2.61. The minimum atomic E-state index is -4.16. The van der Waals surface area contributed by atoms with Crippen LogP contribution in [-0.2, 0) is 0 Å². The normalized spacial score (nSPS) is 18.8. The number of thioether (sulfide) groups is 1. The van der Waals surface area contributed by atoms with Crippen LogP contribution < -0.4 is 5.32 Å². The highest BCUT2D eigenvalue weighted by Gasteiger charge is 2.41. The van der Waals surface area contributed by atoms with Gasteiger partial charge in [0.15, 0.2) is 5.96 Å². The van der Waals surface area contributed by atoms with Crippen molar-refractivity contribution in [1.82, 2.24) is 15.1 Å². The molecule has 1 saturated heterocycles. The molecule has 0 aliphatic carbocycles. The first kappa shape index (κ1) is 20.2. The van der Waals surface area contributed by atoms with E-state index in [2.05, 4.69) is 16.9 Å². The third kappa shape index (κ3) is 7.03. The Labute approximate surface area is 141 Å². The van der Waals surface area contributed by atoms with E-state index in [-0.39, 0.29) is 0 Å². The van der Waals surface area contributed by atoms with E-state index in [1.165, 1.54) is 11.8 Å². The summed E-state index contributed by atoms with van der Waals surface area (Å²) < 4.78 is 38.3. The number of hydrogen-bond donors (Lipinski definition) is 1. The second-order valence-corrected chi connectivity index (χ2v) is 6.49. The van der Waals surface area contributed by atoms with Gasteiger partial charge in [-0.05, 0) is 13.8 Å². The standard InChI is InChI=1S/C15H27F3N4S/c1-4-11-23-12-6-20-14(19-5-2)22-9-7-21(8-10-22)13(3)15(16,17)18/h4,13H,1,5-12H2,2-3H3,(H,19,20). The van der Waals surface area contributed by atoms with Gasteiger partial charge in [-0.2, -0.15) is 24.9 Å². The van der Waals surface area contributed by atoms with Gasteiger partial charge in [-0.3, -0.25) is 9.89 Å². The minimum Gasteiger partial charge on any atom is -0.357 e. The Morgan fingerprint density at radius 3 is 2.52 bits per heavy atom. The minimum absolute atomic E-state index is 0.399. The molecular weight excluding hydrogens is 325 g/mol. The van der Waals surface area contributed by atoms with Gasteiger partial charge in [-0.1, -0.05) is 6.08 Å². The molecule has 1 atom stereocenters. The Morgan fingerprint density at radius 1 is 1.35 bits per heavy atom. The predicted molar refractivity (Wildman–Crippen MR) is 92.2 cm³/mol. The van der Waals surface area contributed by atoms with Gasteiger partial charge < -0.3 is 10.2 Å². The third-order valence-electron chi connectivity index (χ3n) is 3.70. The molecular formula is C15H27F3N4S. The van der Waals surface area contributed by atoms with Gasteiger partial charge in [0.1, 0.15) is 6.04 Å². The maximum Gasteiger partial charge on any atom is 0.403 e. The zero-order valence-electron chi connectivity index (χ0n) is 13.9. The van der Waals surface area contributed by atoms with Crippen molar-refractivity contribution in [3.05, 3.63) is 12.7 Å². The molecule has 1 fully saturated rings. The number of guanidine groups is 1. The van der Waals surface area contributed by atoms with E-state index >= 15 is 0 Å². The van der Waals surface area contributed by atoms with Gasteiger partial charge in [0, 0.05) is 44.2 Å². The molecule has 0 aromatic carbocycles. The van der Waals surface area contributed by atoms with E-state index in [0.717, 1.165) is 24.0 Å². The number of piperazine rings is 1. The number of aliphatic imine (C=N–C) groups is 1. The number of alkyl halides is 3. The van der Waals surface area contributed by atoms with Crippen LogP contribution in [-0.4, -0.2) is 78.8 Å². The number of rotatable bonds is 7. The molecule has 8 heteroatoms. The fourth-order valence-electron chi connectivity index (χ4n) is 2.34. The number of halogens is 3. The summed E-state index contributed by atoms with van der Waals surface area (Å²) in [6, 6.07) is -1.39. The number of nitrogens with one attached hydrogen (secondary N) is 1. The summed E-state index contributed by atoms with van der Waals surface area (Å²) in [5, 5.41) is 3.22. The van der Waals surface area contributed by atoms with Crippen LogP contribution in [0.25, 0.3) is 0 Å². The third-order valence-corrected chi connectivity index (χ3v) is 4.65. The quantitative estimate of drug-likeness (QED) is 0.330. The van der Waals surface area contributed by atoms with Crippen molar-refractivity contribution in [1.29, 1.82) is 0 Å². The zero-order chi connectivity index (χ0) is 17.3. The smallest absolute Gasteiger partial charge is 0.357 e. The number of hydrogen-bond acceptors (Lipinski definition) is 3. The van der Waals surface area contributed by atoms with Crippen LogP contribution in [0.15, 0.2) is 17.6 Å². The molecule has 1 heterocycles. The first-order chi connectivity index (χ1) is 10.9. The highest BCUT2D eigenvalue weighted by molar-refractivity contribution is 7.99. The molecule has 0 bridgehead atoms. The van der Waals surface area contributed by atoms with Crippen molar-refractivity contribution in [2.24, 2.45) is 4.99 Å². The van der Waals surface area contributed by atoms with Crippen molar-refractivity contribution in [3.63, 3.8) is 0 Å². The lowest BCUT2D eigenvalue weighted by Gasteiger charge is -2.39. The zero-order valence-corrected chi connectivity index (χ0v) is 14.7. The highest BCUT2D eigenvalue weighted by atomic mass is 32.2. The van der Waals surface area contributed by atoms with Crippen LogP contribution >= 0.6 is 11.8 Å². The van der Waals surface area contributed by atoms with Gasteiger partial charge >= 0.3 is 6.18 Å². The summed E-state index contributed by atoms with van der Waals surface area (Å²) in [5.41, 5.74) is 0. The molecule has 0 saturated carbocycles. The average Bonchev–Trinajstić information content (AvgIpc) is 2.52. The van der Waals surface area contributed by atoms with Crippen molar-refractivity contribution in [2.75, 3.05) is 50.8 Å². The molecule has 4 nitrogen and oxygen atoms in total. The first-order valence-corrected chi connectivity index (χ1v) is 9.08. The van der Waals surface area contributed by atoms with Gasteiger partial charge in [0.25, 0.3) is 0 Å². The second kappa shape index (κ2) is 10.1. The van der Waals surface area contributed by atoms with Crippen LogP contribution in [0.1, 0.15) is 13.8 Å². The summed E-state index contributed by atoms with van der Waals surface area (Å²) in [4.78, 5) is 8.09. The van der Waals surface area contributed by atoms with E-state index in [1.54, 1.807) is 11.8 Å². The Morgan fingerprint density at radius 2 is 2.00 bits per heavy atom. The largest absolute Gasteiger partial charge is 0.403 e. The van der Waals surface area contributed by atoms with Crippen LogP contribution in [0.3, 0.4) is 0 Å². The lowest BCUT2D eigenvalue weighted by molar-refractivity contribution is -0.181. The Hall–Kier alpha value is -0.890. The summed E-state index contributed by atoms with van der Waals surface area (Å²) in [6.07, 6.45) is -2.30. The molecule has 0 radical (unpaired) electrons. The molecule has 0 spiro atoms. The van der Waals surface area contributed by atoms with Crippen LogP contribution in [0, 0.1) is 0 Å². The maximum absolute atomic E-state index is 12.8. The Balaban J connectivity index is 2.50. The molecule has 134 valence electrons. The molecule has 0 aromatic heterocycles. The van der Waals surface area contributed by atoms with E-state index < -0.39 is 12.2 Å². The van der Waals surface area contributed by atoms with E-state index in [1.807, 2.05) is 17.9 Å². The van der Waals surface area contributed by atoms with Gasteiger partial charge in [-0.25, -0.2) is 0 Å². The van der Waals surface area contributed by atoms with E-state index in [4.69, 9.17) is 0 Å². The summed E-state index contributed by atoms with van der Waals surface area (Å²) in [7, 11) is 0. The molecule has 1 N–H and O–H groups in total. The van der Waals surface area contributed by atoms with E-state index in [9.17, 15) is 13.2 Å². The molecule has 1 unspecified atom stereocenters. The second-order valence-electron chi connectivity index (χ2n) is 5.34. The number of nitrogens with zero attached hydrogens (tertiary/aromatic N) is 3. The van der Waals surface area contributed by atoms with Gasteiger partial charge in [0.2, 0.25) is 0 Å². The monoisotopic (exact) mass is 352 g/mol. The molecule has 1 aliphatic rings. The predicted octanol–water partition coefficient (Wildman–Crippen LogP) is 2.44. The average molecular weight is 352 g/mol. The lowest BCUT2D eigenvalue weighted by atomic mass is 10.2. The van der Waals surface area contributed by atoms with Crippen molar-refractivity contribution < 1.29 is 13.2 Å². The molecule has 23 heavy (non-hydrogen) atoms. The molecule has 0 amide bonds. The molecule has 1 aliphatic heterocycles. The summed E-state index contributed by atoms with van der Waals surface area (Å²) >= 11 is 1.76. The summed E-state index contributed by atoms with van der Waals surface area (Å²) in [6.45, 7) is 10.3. The van der Waals surface area contributed by atoms with Crippen LogP contribution in [0.5, 0.6) is 0 Å². The topological polar surface area (TPSA) is 30.9 Å². The van der Waals surface area contributed by atoms with Crippen molar-refractivity contribution in [3.8, 4) is 0 Å². The SMILES string of the molecule is C=CCSCCN=C(NCC)N1CCN(C(C)C(F)(F)F)CC1. The van der Waals surface area contributed by atoms with Gasteiger partial charge in [0.05, 0.1) is 6.54 Å². The van der Waals surface area contributed by atoms with Gasteiger partial charge in [-0.15, -0.1) is 6.58 Å². The fraction of sp³-hybridized carbons (Fsp3) is 0.800. The maximum atomic E-state index is 12.8. The lowest BCUT2D eigenvalue weighted by Crippen LogP contribution is -2.56. The van der Waals surface area contributed by atoms with Crippen LogP contribution in [0.2, 0.25) is 0 Å². The highest BCUT2D eigenvalue weighted by Crippen LogP contribution is 2.25.